The zero-order valence-corrected chi connectivity index (χ0v) is 18.6. The average Bonchev–Trinajstić information content (AvgIpc) is 2.85. The van der Waals surface area contributed by atoms with Crippen LogP contribution in [0, 0.1) is 18.3 Å². The van der Waals surface area contributed by atoms with Gasteiger partial charge < -0.3 is 19.9 Å². The molecule has 0 spiro atoms. The molecule has 1 saturated heterocycles. The second kappa shape index (κ2) is 10.4. The average molecular weight is 439 g/mol. The van der Waals surface area contributed by atoms with Gasteiger partial charge in [-0.25, -0.2) is 0 Å². The molecular weight excluding hydrogens is 412 g/mol. The Balaban J connectivity index is 1.33. The van der Waals surface area contributed by atoms with Gasteiger partial charge in [-0.2, -0.15) is 5.26 Å². The van der Waals surface area contributed by atoms with Crippen LogP contribution in [0.3, 0.4) is 0 Å². The molecular formula is C27H26N4O2. The fourth-order valence-electron chi connectivity index (χ4n) is 3.68. The Morgan fingerprint density at radius 1 is 0.939 bits per heavy atom. The molecule has 1 heterocycles. The highest BCUT2D eigenvalue weighted by molar-refractivity contribution is 6.06. The molecule has 0 saturated carbocycles. The molecule has 0 aromatic heterocycles. The molecule has 1 N–H and O–H groups in total. The molecule has 3 aromatic carbocycles. The summed E-state index contributed by atoms with van der Waals surface area (Å²) in [6.45, 7) is 5.26. The van der Waals surface area contributed by atoms with Crippen molar-refractivity contribution in [3.8, 4) is 17.6 Å². The normalized spacial score (nSPS) is 13.9. The van der Waals surface area contributed by atoms with Gasteiger partial charge in [-0.1, -0.05) is 30.3 Å². The van der Waals surface area contributed by atoms with Gasteiger partial charge in [-0.15, -0.1) is 0 Å². The van der Waals surface area contributed by atoms with Crippen molar-refractivity contribution in [2.45, 2.75) is 6.92 Å². The van der Waals surface area contributed by atoms with E-state index in [4.69, 9.17) is 4.74 Å². The number of nitriles is 1. The minimum absolute atomic E-state index is 0.0867. The highest BCUT2D eigenvalue weighted by Crippen LogP contribution is 2.23. The third kappa shape index (κ3) is 5.92. The number of aryl methyl sites for hydroxylation is 1. The quantitative estimate of drug-likeness (QED) is 0.435. The summed E-state index contributed by atoms with van der Waals surface area (Å²) < 4.78 is 5.77. The molecule has 0 aliphatic carbocycles. The minimum Gasteiger partial charge on any atom is -0.457 e. The molecule has 1 fully saturated rings. The number of nitrogens with one attached hydrogen (secondary N) is 1. The van der Waals surface area contributed by atoms with E-state index in [1.54, 1.807) is 30.5 Å². The van der Waals surface area contributed by atoms with E-state index in [0.717, 1.165) is 31.9 Å². The second-order valence-electron chi connectivity index (χ2n) is 7.91. The summed E-state index contributed by atoms with van der Waals surface area (Å²) in [4.78, 5) is 17.0. The molecule has 1 aliphatic heterocycles. The maximum Gasteiger partial charge on any atom is 0.267 e. The summed E-state index contributed by atoms with van der Waals surface area (Å²) in [6, 6.07) is 27.0. The Morgan fingerprint density at radius 2 is 1.64 bits per heavy atom. The van der Waals surface area contributed by atoms with Crippen molar-refractivity contribution in [1.82, 2.24) is 4.90 Å². The van der Waals surface area contributed by atoms with Crippen LogP contribution < -0.4 is 15.0 Å². The zero-order valence-electron chi connectivity index (χ0n) is 18.6. The number of carbonyl (C=O) groups excluding carboxylic acids is 1. The van der Waals surface area contributed by atoms with E-state index in [1.807, 2.05) is 41.3 Å². The van der Waals surface area contributed by atoms with Gasteiger partial charge in [0, 0.05) is 43.8 Å². The van der Waals surface area contributed by atoms with Crippen LogP contribution in [0.5, 0.6) is 11.5 Å². The molecule has 0 atom stereocenters. The van der Waals surface area contributed by atoms with Gasteiger partial charge in [-0.05, 0) is 61.0 Å². The Kier molecular flexibility index (Phi) is 6.91. The van der Waals surface area contributed by atoms with E-state index in [0.29, 0.717) is 11.4 Å². The van der Waals surface area contributed by atoms with E-state index in [1.165, 1.54) is 11.3 Å². The third-order valence-electron chi connectivity index (χ3n) is 5.45. The predicted molar refractivity (Wildman–Crippen MR) is 130 cm³/mol. The molecule has 0 bridgehead atoms. The number of rotatable bonds is 6. The monoisotopic (exact) mass is 438 g/mol. The van der Waals surface area contributed by atoms with Crippen LogP contribution in [0.1, 0.15) is 5.56 Å². The minimum atomic E-state index is -0.421. The van der Waals surface area contributed by atoms with Gasteiger partial charge in [0.2, 0.25) is 0 Å². The van der Waals surface area contributed by atoms with Crippen molar-refractivity contribution in [3.63, 3.8) is 0 Å². The van der Waals surface area contributed by atoms with E-state index in [2.05, 4.69) is 41.4 Å². The van der Waals surface area contributed by atoms with E-state index in [9.17, 15) is 10.1 Å². The summed E-state index contributed by atoms with van der Waals surface area (Å²) in [7, 11) is 0. The maximum atomic E-state index is 12.6. The molecule has 1 aliphatic rings. The van der Waals surface area contributed by atoms with Gasteiger partial charge in [0.1, 0.15) is 23.1 Å². The summed E-state index contributed by atoms with van der Waals surface area (Å²) in [5.74, 6) is 0.989. The Hall–Kier alpha value is -4.24. The highest BCUT2D eigenvalue weighted by Gasteiger charge is 2.18. The summed E-state index contributed by atoms with van der Waals surface area (Å²) in [5, 5.41) is 12.3. The number of para-hydroxylation sites is 1. The first kappa shape index (κ1) is 22.0. The molecule has 33 heavy (non-hydrogen) atoms. The topological polar surface area (TPSA) is 68.6 Å². The van der Waals surface area contributed by atoms with Crippen molar-refractivity contribution in [2.75, 3.05) is 36.4 Å². The molecule has 1 amide bonds. The first-order valence-electron chi connectivity index (χ1n) is 10.9. The standard InChI is InChI=1S/C27H26N4O2/c1-21-6-5-7-24(18-21)31-16-14-30(15-17-31)20-22(19-28)27(32)29-23-10-12-26(13-11-23)33-25-8-3-2-4-9-25/h2-13,18,20H,14-17H2,1H3,(H,29,32)/b22-20-. The van der Waals surface area contributed by atoms with Crippen LogP contribution >= 0.6 is 0 Å². The van der Waals surface area contributed by atoms with Gasteiger partial charge in [0.05, 0.1) is 0 Å². The van der Waals surface area contributed by atoms with Gasteiger partial charge in [-0.3, -0.25) is 4.79 Å². The third-order valence-corrected chi connectivity index (χ3v) is 5.45. The van der Waals surface area contributed by atoms with Crippen molar-refractivity contribution in [2.24, 2.45) is 0 Å². The Bertz CT molecular complexity index is 1160. The van der Waals surface area contributed by atoms with Crippen LogP contribution in [-0.2, 0) is 4.79 Å². The van der Waals surface area contributed by atoms with Crippen molar-refractivity contribution in [1.29, 1.82) is 5.26 Å². The SMILES string of the molecule is Cc1cccc(N2CCN(/C=C(/C#N)C(=O)Nc3ccc(Oc4ccccc4)cc3)CC2)c1. The largest absolute Gasteiger partial charge is 0.457 e. The number of nitrogens with zero attached hydrogens (tertiary/aromatic N) is 3. The second-order valence-corrected chi connectivity index (χ2v) is 7.91. The lowest BCUT2D eigenvalue weighted by Crippen LogP contribution is -2.44. The fraction of sp³-hybridized carbons (Fsp3) is 0.185. The van der Waals surface area contributed by atoms with Crippen molar-refractivity contribution in [3.05, 3.63) is 96.2 Å². The Morgan fingerprint density at radius 3 is 2.30 bits per heavy atom. The predicted octanol–water partition coefficient (Wildman–Crippen LogP) is 4.96. The molecule has 3 aromatic rings. The molecule has 0 radical (unpaired) electrons. The van der Waals surface area contributed by atoms with Crippen LogP contribution in [0.4, 0.5) is 11.4 Å². The van der Waals surface area contributed by atoms with Gasteiger partial charge in [0.15, 0.2) is 0 Å². The number of amides is 1. The number of carbonyl (C=O) groups is 1. The lowest BCUT2D eigenvalue weighted by molar-refractivity contribution is -0.112. The zero-order chi connectivity index (χ0) is 23.0. The fourth-order valence-corrected chi connectivity index (χ4v) is 3.68. The van der Waals surface area contributed by atoms with Crippen LogP contribution in [0.25, 0.3) is 0 Å². The molecule has 4 rings (SSSR count). The van der Waals surface area contributed by atoms with E-state index >= 15 is 0 Å². The van der Waals surface area contributed by atoms with Gasteiger partial charge in [0.25, 0.3) is 5.91 Å². The molecule has 6 heteroatoms. The smallest absolute Gasteiger partial charge is 0.267 e. The number of hydrogen-bond donors (Lipinski definition) is 1. The maximum absolute atomic E-state index is 12.6. The van der Waals surface area contributed by atoms with E-state index in [-0.39, 0.29) is 5.57 Å². The summed E-state index contributed by atoms with van der Waals surface area (Å²) in [5.41, 5.74) is 3.13. The van der Waals surface area contributed by atoms with Crippen molar-refractivity contribution < 1.29 is 9.53 Å². The Labute approximate surface area is 194 Å². The number of hydrogen-bond acceptors (Lipinski definition) is 5. The highest BCUT2D eigenvalue weighted by atomic mass is 16.5. The summed E-state index contributed by atoms with van der Waals surface area (Å²) in [6.07, 6.45) is 1.66. The number of benzene rings is 3. The molecule has 6 nitrogen and oxygen atoms in total. The lowest BCUT2D eigenvalue weighted by atomic mass is 10.2. The van der Waals surface area contributed by atoms with E-state index < -0.39 is 5.91 Å². The van der Waals surface area contributed by atoms with Crippen LogP contribution in [-0.4, -0.2) is 37.0 Å². The van der Waals surface area contributed by atoms with Crippen molar-refractivity contribution >= 4 is 17.3 Å². The number of ether oxygens (including phenoxy) is 1. The summed E-state index contributed by atoms with van der Waals surface area (Å²) >= 11 is 0. The number of anilines is 2. The molecule has 0 unspecified atom stereocenters. The lowest BCUT2D eigenvalue weighted by Gasteiger charge is -2.35. The van der Waals surface area contributed by atoms with Crippen LogP contribution in [0.15, 0.2) is 90.6 Å². The van der Waals surface area contributed by atoms with Gasteiger partial charge >= 0.3 is 0 Å². The number of piperazine rings is 1. The molecule has 166 valence electrons. The first-order chi connectivity index (χ1) is 16.1. The first-order valence-corrected chi connectivity index (χ1v) is 10.9. The van der Waals surface area contributed by atoms with Crippen LogP contribution in [0.2, 0.25) is 0 Å².